The standard InChI is InChI=1S/C21H17F2N5O3S/c1-12(18(29)25-15-9-5-6-10-16(15)31-20(22)23)32-21-26-17-14(19(30)27-21)11-24-28(17)13-7-3-2-4-8-13/h2-12,20H,1H3,(H,25,29)(H,26,27,30). The van der Waals surface area contributed by atoms with Gasteiger partial charge in [0.2, 0.25) is 5.91 Å². The molecular weight excluding hydrogens is 440 g/mol. The first-order valence-corrected chi connectivity index (χ1v) is 10.3. The number of carbonyl (C=O) groups is 1. The quantitative estimate of drug-likeness (QED) is 0.323. The molecule has 2 heterocycles. The lowest BCUT2D eigenvalue weighted by molar-refractivity contribution is -0.115. The summed E-state index contributed by atoms with van der Waals surface area (Å²) in [5.74, 6) is -0.618. The second kappa shape index (κ2) is 9.18. The second-order valence-corrected chi connectivity index (χ2v) is 7.95. The summed E-state index contributed by atoms with van der Waals surface area (Å²) in [5, 5.41) is 6.64. The van der Waals surface area contributed by atoms with E-state index in [1.807, 2.05) is 30.3 Å². The highest BCUT2D eigenvalue weighted by Gasteiger charge is 2.20. The zero-order chi connectivity index (χ0) is 22.7. The number of amides is 1. The highest BCUT2D eigenvalue weighted by Crippen LogP contribution is 2.27. The number of hydrogen-bond donors (Lipinski definition) is 2. The van der Waals surface area contributed by atoms with E-state index in [9.17, 15) is 18.4 Å². The molecule has 2 aromatic heterocycles. The second-order valence-electron chi connectivity index (χ2n) is 6.62. The maximum atomic E-state index is 12.6. The van der Waals surface area contributed by atoms with Crippen LogP contribution in [-0.2, 0) is 4.79 Å². The molecule has 32 heavy (non-hydrogen) atoms. The molecule has 2 N–H and O–H groups in total. The fraction of sp³-hybridized carbons (Fsp3) is 0.143. The number of benzene rings is 2. The van der Waals surface area contributed by atoms with Gasteiger partial charge in [-0.15, -0.1) is 0 Å². The first kappa shape index (κ1) is 21.5. The van der Waals surface area contributed by atoms with E-state index in [-0.39, 0.29) is 22.2 Å². The van der Waals surface area contributed by atoms with E-state index in [0.29, 0.717) is 11.0 Å². The normalized spacial score (nSPS) is 12.1. The van der Waals surface area contributed by atoms with E-state index in [0.717, 1.165) is 17.4 Å². The molecule has 0 saturated carbocycles. The Hall–Kier alpha value is -3.73. The van der Waals surface area contributed by atoms with Crippen LogP contribution in [-0.4, -0.2) is 37.5 Å². The summed E-state index contributed by atoms with van der Waals surface area (Å²) in [6.07, 6.45) is 1.43. The van der Waals surface area contributed by atoms with Crippen LogP contribution in [0, 0.1) is 0 Å². The minimum absolute atomic E-state index is 0.115. The van der Waals surface area contributed by atoms with Gasteiger partial charge in [-0.3, -0.25) is 9.59 Å². The zero-order valence-corrected chi connectivity index (χ0v) is 17.5. The van der Waals surface area contributed by atoms with Gasteiger partial charge in [-0.1, -0.05) is 42.1 Å². The number of nitrogens with zero attached hydrogens (tertiary/aromatic N) is 3. The van der Waals surface area contributed by atoms with Crippen molar-refractivity contribution in [2.24, 2.45) is 0 Å². The third-order valence-corrected chi connectivity index (χ3v) is 5.42. The number of thioether (sulfide) groups is 1. The Labute approximate surface area is 184 Å². The van der Waals surface area contributed by atoms with Crippen LogP contribution in [0.3, 0.4) is 0 Å². The molecule has 2 aromatic carbocycles. The van der Waals surface area contributed by atoms with E-state index < -0.39 is 17.8 Å². The Morgan fingerprint density at radius 2 is 1.88 bits per heavy atom. The average molecular weight is 457 g/mol. The molecule has 0 aliphatic rings. The number of para-hydroxylation sites is 3. The fourth-order valence-corrected chi connectivity index (χ4v) is 3.73. The van der Waals surface area contributed by atoms with Crippen molar-refractivity contribution < 1.29 is 18.3 Å². The number of alkyl halides is 2. The topological polar surface area (TPSA) is 102 Å². The van der Waals surface area contributed by atoms with Crippen LogP contribution in [0.15, 0.2) is 70.7 Å². The molecule has 0 fully saturated rings. The highest BCUT2D eigenvalue weighted by molar-refractivity contribution is 8.00. The van der Waals surface area contributed by atoms with Crippen molar-refractivity contribution >= 4 is 34.4 Å². The van der Waals surface area contributed by atoms with Crippen LogP contribution in [0.5, 0.6) is 5.75 Å². The molecule has 0 aliphatic heterocycles. The summed E-state index contributed by atoms with van der Waals surface area (Å²) < 4.78 is 31.1. The summed E-state index contributed by atoms with van der Waals surface area (Å²) in [7, 11) is 0. The van der Waals surface area contributed by atoms with E-state index in [1.54, 1.807) is 13.0 Å². The first-order valence-electron chi connectivity index (χ1n) is 9.47. The van der Waals surface area contributed by atoms with Gasteiger partial charge in [0.05, 0.1) is 22.8 Å². The number of fused-ring (bicyclic) bond motifs is 1. The van der Waals surface area contributed by atoms with Gasteiger partial charge < -0.3 is 15.0 Å². The summed E-state index contributed by atoms with van der Waals surface area (Å²) in [4.78, 5) is 32.2. The monoisotopic (exact) mass is 457 g/mol. The summed E-state index contributed by atoms with van der Waals surface area (Å²) in [6, 6.07) is 15.1. The molecule has 11 heteroatoms. The maximum Gasteiger partial charge on any atom is 0.387 e. The molecule has 4 aromatic rings. The molecule has 1 atom stereocenters. The number of rotatable bonds is 7. The first-order chi connectivity index (χ1) is 15.4. The molecule has 1 unspecified atom stereocenters. The number of aromatic nitrogens is 4. The largest absolute Gasteiger partial charge is 0.433 e. The van der Waals surface area contributed by atoms with Gasteiger partial charge in [0.15, 0.2) is 10.8 Å². The molecule has 4 rings (SSSR count). The van der Waals surface area contributed by atoms with E-state index in [4.69, 9.17) is 0 Å². The van der Waals surface area contributed by atoms with E-state index in [1.165, 1.54) is 29.1 Å². The van der Waals surface area contributed by atoms with Gasteiger partial charge in [-0.05, 0) is 31.2 Å². The van der Waals surface area contributed by atoms with Crippen molar-refractivity contribution in [2.75, 3.05) is 5.32 Å². The van der Waals surface area contributed by atoms with Crippen LogP contribution < -0.4 is 15.6 Å². The Kier molecular flexibility index (Phi) is 6.17. The molecule has 164 valence electrons. The lowest BCUT2D eigenvalue weighted by Gasteiger charge is -2.14. The van der Waals surface area contributed by atoms with Gasteiger partial charge >= 0.3 is 6.61 Å². The van der Waals surface area contributed by atoms with Gasteiger partial charge in [0, 0.05) is 0 Å². The van der Waals surface area contributed by atoms with Crippen LogP contribution >= 0.6 is 11.8 Å². The Bertz CT molecular complexity index is 1310. The Morgan fingerprint density at radius 3 is 2.62 bits per heavy atom. The van der Waals surface area contributed by atoms with Crippen molar-refractivity contribution in [1.29, 1.82) is 0 Å². The third-order valence-electron chi connectivity index (χ3n) is 4.44. The summed E-state index contributed by atoms with van der Waals surface area (Å²) >= 11 is 1.02. The molecule has 0 aliphatic carbocycles. The number of carbonyl (C=O) groups excluding carboxylic acids is 1. The molecule has 0 radical (unpaired) electrons. The molecule has 1 amide bonds. The number of nitrogens with one attached hydrogen (secondary N) is 2. The van der Waals surface area contributed by atoms with Crippen LogP contribution in [0.25, 0.3) is 16.7 Å². The fourth-order valence-electron chi connectivity index (χ4n) is 2.94. The van der Waals surface area contributed by atoms with Crippen molar-refractivity contribution in [2.45, 2.75) is 23.9 Å². The highest BCUT2D eigenvalue weighted by atomic mass is 32.2. The minimum atomic E-state index is -3.02. The number of anilines is 1. The van der Waals surface area contributed by atoms with Crippen LogP contribution in [0.2, 0.25) is 0 Å². The Morgan fingerprint density at radius 1 is 1.16 bits per heavy atom. The number of ether oxygens (including phenoxy) is 1. The lowest BCUT2D eigenvalue weighted by Crippen LogP contribution is -2.24. The smallest absolute Gasteiger partial charge is 0.387 e. The van der Waals surface area contributed by atoms with Crippen molar-refractivity contribution in [1.82, 2.24) is 19.7 Å². The lowest BCUT2D eigenvalue weighted by atomic mass is 10.3. The average Bonchev–Trinajstić information content (AvgIpc) is 3.20. The number of H-pyrrole nitrogens is 1. The van der Waals surface area contributed by atoms with E-state index >= 15 is 0 Å². The van der Waals surface area contributed by atoms with E-state index in [2.05, 4.69) is 25.1 Å². The summed E-state index contributed by atoms with van der Waals surface area (Å²) in [6.45, 7) is -1.41. The zero-order valence-electron chi connectivity index (χ0n) is 16.7. The molecule has 0 bridgehead atoms. The van der Waals surface area contributed by atoms with Gasteiger partial charge in [-0.2, -0.15) is 13.9 Å². The minimum Gasteiger partial charge on any atom is -0.433 e. The third kappa shape index (κ3) is 4.62. The SMILES string of the molecule is CC(Sc1nc2c(cnn2-c2ccccc2)c(=O)[nH]1)C(=O)Nc1ccccc1OC(F)F. The van der Waals surface area contributed by atoms with Crippen molar-refractivity contribution in [3.63, 3.8) is 0 Å². The maximum absolute atomic E-state index is 12.6. The number of aromatic amines is 1. The molecule has 0 spiro atoms. The molecular formula is C21H17F2N5O3S. The van der Waals surface area contributed by atoms with Crippen LogP contribution in [0.4, 0.5) is 14.5 Å². The van der Waals surface area contributed by atoms with Gasteiger partial charge in [0.25, 0.3) is 5.56 Å². The molecule has 8 nitrogen and oxygen atoms in total. The van der Waals surface area contributed by atoms with Crippen LogP contribution in [0.1, 0.15) is 6.92 Å². The Balaban J connectivity index is 1.56. The number of halogens is 2. The summed E-state index contributed by atoms with van der Waals surface area (Å²) in [5.41, 5.74) is 0.816. The van der Waals surface area contributed by atoms with Crippen molar-refractivity contribution in [3.8, 4) is 11.4 Å². The van der Waals surface area contributed by atoms with Crippen molar-refractivity contribution in [3.05, 3.63) is 71.1 Å². The predicted octanol–water partition coefficient (Wildman–Crippen LogP) is 3.83. The number of hydrogen-bond acceptors (Lipinski definition) is 6. The molecule has 0 saturated heterocycles. The predicted molar refractivity (Wildman–Crippen MR) is 117 cm³/mol. The van der Waals surface area contributed by atoms with Gasteiger partial charge in [-0.25, -0.2) is 9.67 Å². The van der Waals surface area contributed by atoms with Gasteiger partial charge in [0.1, 0.15) is 11.1 Å².